The van der Waals surface area contributed by atoms with E-state index >= 15 is 0 Å². The summed E-state index contributed by atoms with van der Waals surface area (Å²) in [6, 6.07) is 7.77. The van der Waals surface area contributed by atoms with Crippen LogP contribution in [0.1, 0.15) is 40.5 Å². The fraction of sp³-hybridized carbons (Fsp3) is 0.292. The second kappa shape index (κ2) is 9.02. The Morgan fingerprint density at radius 2 is 2.06 bits per heavy atom. The van der Waals surface area contributed by atoms with E-state index in [2.05, 4.69) is 16.0 Å². The first-order chi connectivity index (χ1) is 15.5. The summed E-state index contributed by atoms with van der Waals surface area (Å²) in [5, 5.41) is 8.83. The largest absolute Gasteiger partial charge is 0.491 e. The molecule has 0 fully saturated rings. The molecule has 4 rings (SSSR count). The fourth-order valence-electron chi connectivity index (χ4n) is 3.78. The van der Waals surface area contributed by atoms with Crippen molar-refractivity contribution < 1.29 is 14.3 Å². The van der Waals surface area contributed by atoms with Crippen LogP contribution in [0.15, 0.2) is 36.8 Å². The normalized spacial score (nSPS) is 12.4. The van der Waals surface area contributed by atoms with E-state index in [0.717, 1.165) is 16.7 Å². The molecular weight excluding hydrogens is 406 g/mol. The third kappa shape index (κ3) is 3.97. The number of hydrogen-bond donors (Lipinski definition) is 0. The lowest BCUT2D eigenvalue weighted by Crippen LogP contribution is -2.23. The molecule has 0 aromatic carbocycles. The third-order valence-electron chi connectivity index (χ3n) is 5.29. The van der Waals surface area contributed by atoms with E-state index < -0.39 is 0 Å². The van der Waals surface area contributed by atoms with Gasteiger partial charge in [-0.2, -0.15) is 5.26 Å². The van der Waals surface area contributed by atoms with Crippen molar-refractivity contribution in [1.29, 1.82) is 5.26 Å². The number of carbonyl (C=O) groups excluding carboxylic acids is 1. The van der Waals surface area contributed by atoms with Crippen LogP contribution in [0.4, 0.5) is 5.69 Å². The van der Waals surface area contributed by atoms with Gasteiger partial charge in [0.2, 0.25) is 0 Å². The van der Waals surface area contributed by atoms with Gasteiger partial charge >= 0.3 is 0 Å². The van der Waals surface area contributed by atoms with E-state index in [0.29, 0.717) is 60.3 Å². The molecule has 1 aliphatic heterocycles. The SMILES string of the molecule is CCOc1ncc(-c2cc(C)c3c(n2)CN(c2cncc(CCC#N)c2)C3=O)cc1OC. The van der Waals surface area contributed by atoms with E-state index in [-0.39, 0.29) is 5.91 Å². The van der Waals surface area contributed by atoms with Crippen molar-refractivity contribution in [1.82, 2.24) is 15.0 Å². The Labute approximate surface area is 186 Å². The second-order valence-electron chi connectivity index (χ2n) is 7.41. The molecular formula is C24H23N5O3. The maximum absolute atomic E-state index is 13.2. The van der Waals surface area contributed by atoms with Crippen molar-refractivity contribution in [2.45, 2.75) is 33.2 Å². The van der Waals surface area contributed by atoms with Crippen LogP contribution < -0.4 is 14.4 Å². The molecule has 3 aromatic rings. The quantitative estimate of drug-likeness (QED) is 0.562. The van der Waals surface area contributed by atoms with Gasteiger partial charge in [0, 0.05) is 24.4 Å². The van der Waals surface area contributed by atoms with Gasteiger partial charge in [-0.05, 0) is 49.6 Å². The summed E-state index contributed by atoms with van der Waals surface area (Å²) in [5.74, 6) is 0.863. The average molecular weight is 429 g/mol. The van der Waals surface area contributed by atoms with Gasteiger partial charge in [0.15, 0.2) is 5.75 Å². The average Bonchev–Trinajstić information content (AvgIpc) is 3.15. The number of hydrogen-bond acceptors (Lipinski definition) is 7. The van der Waals surface area contributed by atoms with Gasteiger partial charge in [0.1, 0.15) is 0 Å². The summed E-state index contributed by atoms with van der Waals surface area (Å²) in [6.45, 7) is 4.64. The number of amides is 1. The van der Waals surface area contributed by atoms with E-state index in [9.17, 15) is 4.79 Å². The lowest BCUT2D eigenvalue weighted by molar-refractivity contribution is 0.0996. The predicted octanol–water partition coefficient (Wildman–Crippen LogP) is 3.87. The molecule has 0 saturated heterocycles. The molecule has 0 N–H and O–H groups in total. The van der Waals surface area contributed by atoms with Crippen LogP contribution in [0.3, 0.4) is 0 Å². The van der Waals surface area contributed by atoms with Crippen LogP contribution >= 0.6 is 0 Å². The summed E-state index contributed by atoms with van der Waals surface area (Å²) in [6.07, 6.45) is 6.08. The summed E-state index contributed by atoms with van der Waals surface area (Å²) >= 11 is 0. The van der Waals surface area contributed by atoms with Crippen LogP contribution in [-0.2, 0) is 13.0 Å². The molecule has 0 saturated carbocycles. The number of fused-ring (bicyclic) bond motifs is 1. The first kappa shape index (κ1) is 21.2. The van der Waals surface area contributed by atoms with E-state index in [1.54, 1.807) is 30.6 Å². The highest BCUT2D eigenvalue weighted by Gasteiger charge is 2.32. The van der Waals surface area contributed by atoms with Crippen LogP contribution in [0.2, 0.25) is 0 Å². The zero-order valence-corrected chi connectivity index (χ0v) is 18.3. The van der Waals surface area contributed by atoms with E-state index in [4.69, 9.17) is 19.7 Å². The number of carbonyl (C=O) groups is 1. The van der Waals surface area contributed by atoms with Crippen molar-refractivity contribution in [3.63, 3.8) is 0 Å². The van der Waals surface area contributed by atoms with E-state index in [1.807, 2.05) is 32.0 Å². The van der Waals surface area contributed by atoms with Crippen molar-refractivity contribution in [3.8, 4) is 29.0 Å². The third-order valence-corrected chi connectivity index (χ3v) is 5.29. The fourth-order valence-corrected chi connectivity index (χ4v) is 3.78. The summed E-state index contributed by atoms with van der Waals surface area (Å²) < 4.78 is 10.9. The molecule has 162 valence electrons. The minimum Gasteiger partial charge on any atom is -0.491 e. The maximum Gasteiger partial charge on any atom is 0.260 e. The Balaban J connectivity index is 1.67. The first-order valence-electron chi connectivity index (χ1n) is 10.4. The number of ether oxygens (including phenoxy) is 2. The van der Waals surface area contributed by atoms with Crippen LogP contribution in [0.5, 0.6) is 11.6 Å². The summed E-state index contributed by atoms with van der Waals surface area (Å²) in [4.78, 5) is 28.2. The Morgan fingerprint density at radius 1 is 1.22 bits per heavy atom. The highest BCUT2D eigenvalue weighted by molar-refractivity contribution is 6.10. The minimum absolute atomic E-state index is 0.0989. The van der Waals surface area contributed by atoms with Crippen LogP contribution in [-0.4, -0.2) is 34.6 Å². The number of pyridine rings is 3. The molecule has 4 heterocycles. The molecule has 1 amide bonds. The number of nitriles is 1. The molecule has 0 unspecified atom stereocenters. The van der Waals surface area contributed by atoms with Gasteiger partial charge in [0.05, 0.1) is 55.2 Å². The van der Waals surface area contributed by atoms with Crippen molar-refractivity contribution in [3.05, 3.63) is 59.2 Å². The molecule has 8 nitrogen and oxygen atoms in total. The summed E-state index contributed by atoms with van der Waals surface area (Å²) in [5.41, 5.74) is 5.29. The van der Waals surface area contributed by atoms with Crippen molar-refractivity contribution in [2.75, 3.05) is 18.6 Å². The number of methoxy groups -OCH3 is 1. The molecule has 8 heteroatoms. The van der Waals surface area contributed by atoms with Crippen molar-refractivity contribution in [2.24, 2.45) is 0 Å². The molecule has 0 atom stereocenters. The molecule has 0 radical (unpaired) electrons. The topological polar surface area (TPSA) is 101 Å². The molecule has 1 aliphatic rings. The molecule has 0 aliphatic carbocycles. The number of aromatic nitrogens is 3. The predicted molar refractivity (Wildman–Crippen MR) is 119 cm³/mol. The van der Waals surface area contributed by atoms with Gasteiger partial charge in [-0.15, -0.1) is 0 Å². The maximum atomic E-state index is 13.2. The molecule has 32 heavy (non-hydrogen) atoms. The van der Waals surface area contributed by atoms with Gasteiger partial charge in [-0.3, -0.25) is 14.8 Å². The van der Waals surface area contributed by atoms with Crippen molar-refractivity contribution >= 4 is 11.6 Å². The Morgan fingerprint density at radius 3 is 2.81 bits per heavy atom. The lowest BCUT2D eigenvalue weighted by Gasteiger charge is -2.15. The minimum atomic E-state index is -0.0989. The Kier molecular flexibility index (Phi) is 5.99. The molecule has 0 bridgehead atoms. The van der Waals surface area contributed by atoms with E-state index in [1.165, 1.54) is 0 Å². The van der Waals surface area contributed by atoms with Crippen LogP contribution in [0.25, 0.3) is 11.3 Å². The smallest absolute Gasteiger partial charge is 0.260 e. The number of rotatable bonds is 7. The van der Waals surface area contributed by atoms with Crippen LogP contribution in [0, 0.1) is 18.3 Å². The lowest BCUT2D eigenvalue weighted by atomic mass is 10.0. The second-order valence-corrected chi connectivity index (χ2v) is 7.41. The Hall–Kier alpha value is -3.99. The highest BCUT2D eigenvalue weighted by Crippen LogP contribution is 2.34. The summed E-state index contributed by atoms with van der Waals surface area (Å²) in [7, 11) is 1.57. The molecule has 3 aromatic heterocycles. The number of anilines is 1. The number of nitrogens with zero attached hydrogens (tertiary/aromatic N) is 5. The van der Waals surface area contributed by atoms with Gasteiger partial charge in [-0.1, -0.05) is 0 Å². The standard InChI is InChI=1S/C24H23N5O3/c1-4-32-23-21(31-3)10-17(12-27-23)19-8-15(2)22-20(28-19)14-29(24(22)30)18-9-16(6-5-7-25)11-26-13-18/h8-13H,4-6,14H2,1-3H3. The highest BCUT2D eigenvalue weighted by atomic mass is 16.5. The zero-order chi connectivity index (χ0) is 22.7. The van der Waals surface area contributed by atoms with Gasteiger partial charge < -0.3 is 14.4 Å². The Bertz CT molecular complexity index is 1220. The monoisotopic (exact) mass is 429 g/mol. The zero-order valence-electron chi connectivity index (χ0n) is 18.3. The van der Waals surface area contributed by atoms with Gasteiger partial charge in [-0.25, -0.2) is 4.98 Å². The first-order valence-corrected chi connectivity index (χ1v) is 10.4. The van der Waals surface area contributed by atoms with Gasteiger partial charge in [0.25, 0.3) is 11.8 Å². The number of aryl methyl sites for hydroxylation is 2. The molecule has 0 spiro atoms.